The monoisotopic (exact) mass is 346 g/mol. The van der Waals surface area contributed by atoms with E-state index in [0.29, 0.717) is 11.6 Å². The van der Waals surface area contributed by atoms with E-state index < -0.39 is 24.0 Å². The van der Waals surface area contributed by atoms with Crippen LogP contribution in [0.5, 0.6) is 0 Å². The molecule has 1 saturated heterocycles. The minimum Gasteiger partial charge on any atom is -0.481 e. The Balaban J connectivity index is 1.70. The second-order valence-electron chi connectivity index (χ2n) is 5.41. The van der Waals surface area contributed by atoms with Gasteiger partial charge >= 0.3 is 12.1 Å². The van der Waals surface area contributed by atoms with Crippen molar-refractivity contribution in [2.45, 2.75) is 12.7 Å². The number of aromatic nitrogens is 1. The summed E-state index contributed by atoms with van der Waals surface area (Å²) in [4.78, 5) is 17.6. The van der Waals surface area contributed by atoms with Crippen molar-refractivity contribution in [1.29, 1.82) is 0 Å². The number of carboxylic acids is 1. The van der Waals surface area contributed by atoms with Crippen LogP contribution in [0.2, 0.25) is 0 Å². The highest BCUT2D eigenvalue weighted by Crippen LogP contribution is 2.38. The van der Waals surface area contributed by atoms with Gasteiger partial charge < -0.3 is 9.52 Å². The predicted octanol–water partition coefficient (Wildman–Crippen LogP) is 3.10. The highest BCUT2D eigenvalue weighted by Gasteiger charge is 2.52. The lowest BCUT2D eigenvalue weighted by Gasteiger charge is -2.18. The van der Waals surface area contributed by atoms with E-state index in [2.05, 4.69) is 4.98 Å². The number of aliphatic carboxylic acids is 1. The van der Waals surface area contributed by atoms with Crippen LogP contribution in [0.25, 0.3) is 10.8 Å². The van der Waals surface area contributed by atoms with Crippen molar-refractivity contribution in [3.05, 3.63) is 29.5 Å². The normalized spacial score (nSPS) is 22.6. The van der Waals surface area contributed by atoms with Crippen LogP contribution in [-0.4, -0.2) is 40.2 Å². The maximum atomic E-state index is 13.0. The highest BCUT2D eigenvalue weighted by molar-refractivity contribution is 7.13. The third-order valence-corrected chi connectivity index (χ3v) is 4.66. The molecular formula is C14H13F3N2O3S. The molecule has 0 saturated carbocycles. The topological polar surface area (TPSA) is 66.6 Å². The molecule has 2 atom stereocenters. The average Bonchev–Trinajstić information content (AvgIpc) is 3.17. The smallest absolute Gasteiger partial charge is 0.393 e. The zero-order valence-corrected chi connectivity index (χ0v) is 12.6. The summed E-state index contributed by atoms with van der Waals surface area (Å²) < 4.78 is 44.2. The molecule has 2 aromatic rings. The van der Waals surface area contributed by atoms with Crippen LogP contribution in [-0.2, 0) is 11.3 Å². The number of carbonyl (C=O) groups is 1. The molecule has 3 rings (SSSR count). The SMILES string of the molecule is O=C(O)[C@@H]1CN(Cc2coc(-c3cccs3)n2)C[C@H]1C(F)(F)F. The van der Waals surface area contributed by atoms with E-state index in [0.717, 1.165) is 4.88 Å². The Bertz CT molecular complexity index is 684. The van der Waals surface area contributed by atoms with Gasteiger partial charge in [0.05, 0.1) is 22.4 Å². The summed E-state index contributed by atoms with van der Waals surface area (Å²) in [6.07, 6.45) is -3.13. The van der Waals surface area contributed by atoms with Crippen molar-refractivity contribution in [3.8, 4) is 10.8 Å². The number of hydrogen-bond acceptors (Lipinski definition) is 5. The summed E-state index contributed by atoms with van der Waals surface area (Å²) in [6.45, 7) is -0.367. The van der Waals surface area contributed by atoms with Crippen LogP contribution in [0.1, 0.15) is 5.69 Å². The first kappa shape index (κ1) is 16.0. The van der Waals surface area contributed by atoms with Crippen molar-refractivity contribution in [1.82, 2.24) is 9.88 Å². The van der Waals surface area contributed by atoms with Crippen LogP contribution in [0, 0.1) is 11.8 Å². The van der Waals surface area contributed by atoms with Crippen LogP contribution in [0.3, 0.4) is 0 Å². The molecule has 23 heavy (non-hydrogen) atoms. The lowest BCUT2D eigenvalue weighted by atomic mass is 9.96. The van der Waals surface area contributed by atoms with Gasteiger partial charge in [-0.25, -0.2) is 4.98 Å². The van der Waals surface area contributed by atoms with E-state index in [1.54, 1.807) is 0 Å². The molecule has 0 radical (unpaired) electrons. The van der Waals surface area contributed by atoms with Crippen LogP contribution < -0.4 is 0 Å². The molecule has 1 aliphatic heterocycles. The molecule has 1 N–H and O–H groups in total. The van der Waals surface area contributed by atoms with E-state index in [-0.39, 0.29) is 19.6 Å². The van der Waals surface area contributed by atoms with Gasteiger partial charge in [0.1, 0.15) is 6.26 Å². The first-order valence-electron chi connectivity index (χ1n) is 6.84. The van der Waals surface area contributed by atoms with Crippen LogP contribution in [0.15, 0.2) is 28.2 Å². The molecule has 5 nitrogen and oxygen atoms in total. The van der Waals surface area contributed by atoms with Gasteiger partial charge in [0.15, 0.2) is 0 Å². The van der Waals surface area contributed by atoms with Crippen LogP contribution >= 0.6 is 11.3 Å². The van der Waals surface area contributed by atoms with E-state index >= 15 is 0 Å². The zero-order chi connectivity index (χ0) is 16.6. The Hall–Kier alpha value is -1.87. The van der Waals surface area contributed by atoms with Gasteiger partial charge in [0.2, 0.25) is 5.89 Å². The van der Waals surface area contributed by atoms with E-state index in [4.69, 9.17) is 9.52 Å². The van der Waals surface area contributed by atoms with E-state index in [1.165, 1.54) is 22.5 Å². The molecule has 0 aromatic carbocycles. The van der Waals surface area contributed by atoms with Crippen molar-refractivity contribution in [3.63, 3.8) is 0 Å². The number of alkyl halides is 3. The van der Waals surface area contributed by atoms with Crippen molar-refractivity contribution in [2.75, 3.05) is 13.1 Å². The predicted molar refractivity (Wildman–Crippen MR) is 75.8 cm³/mol. The van der Waals surface area contributed by atoms with Gasteiger partial charge in [-0.1, -0.05) is 6.07 Å². The summed E-state index contributed by atoms with van der Waals surface area (Å²) in [5, 5.41) is 10.9. The highest BCUT2D eigenvalue weighted by atomic mass is 32.1. The number of halogens is 3. The van der Waals surface area contributed by atoms with Gasteiger partial charge in [-0.05, 0) is 11.4 Å². The number of likely N-dealkylation sites (tertiary alicyclic amines) is 1. The number of oxazole rings is 1. The number of carboxylic acid groups (broad SMARTS) is 1. The lowest BCUT2D eigenvalue weighted by molar-refractivity contribution is -0.188. The fourth-order valence-corrected chi connectivity index (χ4v) is 3.37. The molecule has 3 heterocycles. The van der Waals surface area contributed by atoms with Crippen molar-refractivity contribution >= 4 is 17.3 Å². The quantitative estimate of drug-likeness (QED) is 0.921. The minimum absolute atomic E-state index is 0.130. The third kappa shape index (κ3) is 3.40. The molecule has 9 heteroatoms. The Kier molecular flexibility index (Phi) is 4.15. The summed E-state index contributed by atoms with van der Waals surface area (Å²) in [7, 11) is 0. The summed E-state index contributed by atoms with van der Waals surface area (Å²) in [5.74, 6) is -4.31. The Morgan fingerprint density at radius 1 is 1.48 bits per heavy atom. The number of hydrogen-bond donors (Lipinski definition) is 1. The van der Waals surface area contributed by atoms with Gasteiger partial charge in [0.25, 0.3) is 0 Å². The third-order valence-electron chi connectivity index (χ3n) is 3.80. The fourth-order valence-electron chi connectivity index (χ4n) is 2.72. The zero-order valence-electron chi connectivity index (χ0n) is 11.8. The lowest BCUT2D eigenvalue weighted by Crippen LogP contribution is -2.33. The molecule has 1 aliphatic rings. The van der Waals surface area contributed by atoms with E-state index in [9.17, 15) is 18.0 Å². The Morgan fingerprint density at radius 3 is 2.83 bits per heavy atom. The fraction of sp³-hybridized carbons (Fsp3) is 0.429. The molecule has 2 aromatic heterocycles. The number of thiophene rings is 1. The molecule has 0 aliphatic carbocycles. The van der Waals surface area contributed by atoms with Gasteiger partial charge in [-0.3, -0.25) is 9.69 Å². The largest absolute Gasteiger partial charge is 0.481 e. The van der Waals surface area contributed by atoms with Gasteiger partial charge in [-0.2, -0.15) is 13.2 Å². The summed E-state index contributed by atoms with van der Waals surface area (Å²) in [6, 6.07) is 3.67. The maximum absolute atomic E-state index is 13.0. The number of rotatable bonds is 4. The first-order valence-corrected chi connectivity index (χ1v) is 7.72. The molecule has 1 fully saturated rings. The second kappa shape index (κ2) is 5.97. The van der Waals surface area contributed by atoms with Gasteiger partial charge in [-0.15, -0.1) is 11.3 Å². The van der Waals surface area contributed by atoms with Gasteiger partial charge in [0, 0.05) is 19.6 Å². The Morgan fingerprint density at radius 2 is 2.26 bits per heavy atom. The maximum Gasteiger partial charge on any atom is 0.393 e. The number of nitrogens with zero attached hydrogens (tertiary/aromatic N) is 2. The molecule has 124 valence electrons. The molecule has 0 spiro atoms. The van der Waals surface area contributed by atoms with Crippen LogP contribution in [0.4, 0.5) is 13.2 Å². The van der Waals surface area contributed by atoms with Crippen molar-refractivity contribution in [2.24, 2.45) is 11.8 Å². The average molecular weight is 346 g/mol. The summed E-state index contributed by atoms with van der Waals surface area (Å²) in [5.41, 5.74) is 0.486. The van der Waals surface area contributed by atoms with E-state index in [1.807, 2.05) is 17.5 Å². The Labute approximate surface area is 133 Å². The second-order valence-corrected chi connectivity index (χ2v) is 6.36. The first-order chi connectivity index (χ1) is 10.8. The minimum atomic E-state index is -4.52. The standard InChI is InChI=1S/C14H13F3N2O3S/c15-14(16,17)10-6-19(5-9(10)13(20)21)4-8-7-22-12(18-8)11-2-1-3-23-11/h1-3,7,9-10H,4-6H2,(H,20,21)/t9-,10-/m1/s1. The molecule has 0 amide bonds. The molecule has 0 unspecified atom stereocenters. The molecular weight excluding hydrogens is 333 g/mol. The van der Waals surface area contributed by atoms with Crippen molar-refractivity contribution < 1.29 is 27.5 Å². The summed E-state index contributed by atoms with van der Waals surface area (Å²) >= 11 is 1.44. The molecule has 0 bridgehead atoms.